The Labute approximate surface area is 131 Å². The highest BCUT2D eigenvalue weighted by atomic mass is 16.5. The normalized spacial score (nSPS) is 27.5. The molecule has 0 aliphatic heterocycles. The molecule has 1 aromatic carbocycles. The molecule has 3 rings (SSSR count). The smallest absolute Gasteiger partial charge is 0.338 e. The largest absolute Gasteiger partial charge is 0.465 e. The second-order valence-electron chi connectivity index (χ2n) is 6.64. The SMILES string of the molecule is COC(=O)c1ccccc1C(=O)NC(C)C1CC2CCC1C2. The number of carbonyl (C=O) groups excluding carboxylic acids is 2. The van der Waals surface area contributed by atoms with Crippen LogP contribution in [0.1, 0.15) is 53.3 Å². The summed E-state index contributed by atoms with van der Waals surface area (Å²) in [6.07, 6.45) is 5.20. The van der Waals surface area contributed by atoms with Gasteiger partial charge in [0.05, 0.1) is 18.2 Å². The zero-order valence-corrected chi connectivity index (χ0v) is 13.2. The highest BCUT2D eigenvalue weighted by Gasteiger charge is 2.42. The molecule has 4 heteroatoms. The van der Waals surface area contributed by atoms with Gasteiger partial charge in [0, 0.05) is 6.04 Å². The van der Waals surface area contributed by atoms with Crippen molar-refractivity contribution in [3.05, 3.63) is 35.4 Å². The molecule has 0 aromatic heterocycles. The number of hydrogen-bond acceptors (Lipinski definition) is 3. The molecule has 4 unspecified atom stereocenters. The van der Waals surface area contributed by atoms with Crippen LogP contribution in [-0.2, 0) is 4.74 Å². The number of methoxy groups -OCH3 is 1. The van der Waals surface area contributed by atoms with Crippen LogP contribution in [0, 0.1) is 17.8 Å². The van der Waals surface area contributed by atoms with E-state index in [2.05, 4.69) is 12.2 Å². The van der Waals surface area contributed by atoms with E-state index in [1.54, 1.807) is 24.3 Å². The first-order chi connectivity index (χ1) is 10.6. The fourth-order valence-corrected chi connectivity index (χ4v) is 4.27. The Kier molecular flexibility index (Phi) is 4.19. The minimum absolute atomic E-state index is 0.147. The Morgan fingerprint density at radius 3 is 2.50 bits per heavy atom. The van der Waals surface area contributed by atoms with Crippen molar-refractivity contribution in [1.82, 2.24) is 5.32 Å². The van der Waals surface area contributed by atoms with Gasteiger partial charge in [-0.25, -0.2) is 4.79 Å². The van der Waals surface area contributed by atoms with Crippen molar-refractivity contribution in [1.29, 1.82) is 0 Å². The van der Waals surface area contributed by atoms with Crippen molar-refractivity contribution in [2.75, 3.05) is 7.11 Å². The number of benzene rings is 1. The Bertz CT molecular complexity index is 583. The summed E-state index contributed by atoms with van der Waals surface area (Å²) in [4.78, 5) is 24.3. The fraction of sp³-hybridized carbons (Fsp3) is 0.556. The third-order valence-corrected chi connectivity index (χ3v) is 5.37. The van der Waals surface area contributed by atoms with E-state index in [4.69, 9.17) is 4.74 Å². The summed E-state index contributed by atoms with van der Waals surface area (Å²) in [5, 5.41) is 3.10. The summed E-state index contributed by atoms with van der Waals surface area (Å²) >= 11 is 0. The number of fused-ring (bicyclic) bond motifs is 2. The first-order valence-corrected chi connectivity index (χ1v) is 8.08. The maximum Gasteiger partial charge on any atom is 0.338 e. The van der Waals surface area contributed by atoms with Crippen LogP contribution < -0.4 is 5.32 Å². The summed E-state index contributed by atoms with van der Waals surface area (Å²) in [7, 11) is 1.33. The molecule has 2 aliphatic carbocycles. The van der Waals surface area contributed by atoms with Crippen molar-refractivity contribution in [3.8, 4) is 0 Å². The highest BCUT2D eigenvalue weighted by molar-refractivity contribution is 6.05. The van der Waals surface area contributed by atoms with E-state index in [1.165, 1.54) is 32.8 Å². The summed E-state index contributed by atoms with van der Waals surface area (Å²) in [5.41, 5.74) is 0.715. The van der Waals surface area contributed by atoms with Gasteiger partial charge in [-0.15, -0.1) is 0 Å². The predicted octanol–water partition coefficient (Wildman–Crippen LogP) is 3.03. The van der Waals surface area contributed by atoms with Crippen molar-refractivity contribution in [3.63, 3.8) is 0 Å². The van der Waals surface area contributed by atoms with E-state index in [0.29, 0.717) is 17.0 Å². The quantitative estimate of drug-likeness (QED) is 0.870. The molecule has 0 saturated heterocycles. The molecule has 4 nitrogen and oxygen atoms in total. The Morgan fingerprint density at radius 2 is 1.91 bits per heavy atom. The van der Waals surface area contributed by atoms with Gasteiger partial charge < -0.3 is 10.1 Å². The molecule has 0 radical (unpaired) electrons. The van der Waals surface area contributed by atoms with E-state index >= 15 is 0 Å². The lowest BCUT2D eigenvalue weighted by Crippen LogP contribution is -2.40. The second-order valence-corrected chi connectivity index (χ2v) is 6.64. The number of carbonyl (C=O) groups is 2. The molecule has 4 atom stereocenters. The van der Waals surface area contributed by atoms with Gasteiger partial charge in [0.1, 0.15) is 0 Å². The summed E-state index contributed by atoms with van der Waals surface area (Å²) in [6.45, 7) is 2.09. The van der Waals surface area contributed by atoms with Crippen LogP contribution in [0.3, 0.4) is 0 Å². The molecule has 0 heterocycles. The first-order valence-electron chi connectivity index (χ1n) is 8.08. The van der Waals surface area contributed by atoms with Crippen molar-refractivity contribution < 1.29 is 14.3 Å². The van der Waals surface area contributed by atoms with E-state index in [-0.39, 0.29) is 11.9 Å². The molecule has 2 fully saturated rings. The fourth-order valence-electron chi connectivity index (χ4n) is 4.27. The monoisotopic (exact) mass is 301 g/mol. The molecule has 2 aliphatic rings. The van der Waals surface area contributed by atoms with E-state index < -0.39 is 5.97 Å². The lowest BCUT2D eigenvalue weighted by Gasteiger charge is -2.28. The molecule has 1 N–H and O–H groups in total. The Balaban J connectivity index is 1.71. The van der Waals surface area contributed by atoms with Gasteiger partial charge in [-0.3, -0.25) is 4.79 Å². The second kappa shape index (κ2) is 6.11. The topological polar surface area (TPSA) is 55.4 Å². The average molecular weight is 301 g/mol. The van der Waals surface area contributed by atoms with Crippen LogP contribution in [0.4, 0.5) is 0 Å². The molecule has 1 amide bonds. The lowest BCUT2D eigenvalue weighted by atomic mass is 9.84. The van der Waals surface area contributed by atoms with E-state index in [0.717, 1.165) is 11.8 Å². The summed E-state index contributed by atoms with van der Waals surface area (Å²) in [5.74, 6) is 1.54. The van der Waals surface area contributed by atoms with Gasteiger partial charge >= 0.3 is 5.97 Å². The number of rotatable bonds is 4. The minimum Gasteiger partial charge on any atom is -0.465 e. The molecule has 118 valence electrons. The average Bonchev–Trinajstić information content (AvgIpc) is 3.17. The van der Waals surface area contributed by atoms with Gasteiger partial charge in [-0.2, -0.15) is 0 Å². The standard InChI is InChI=1S/C18H23NO3/c1-11(16-10-12-7-8-13(16)9-12)19-17(20)14-5-3-4-6-15(14)18(21)22-2/h3-6,11-13,16H,7-10H2,1-2H3,(H,19,20). The number of esters is 1. The van der Waals surface area contributed by atoms with Crippen LogP contribution >= 0.6 is 0 Å². The van der Waals surface area contributed by atoms with Crippen molar-refractivity contribution in [2.24, 2.45) is 17.8 Å². The summed E-state index contributed by atoms with van der Waals surface area (Å²) < 4.78 is 4.75. The van der Waals surface area contributed by atoms with Crippen LogP contribution in [0.15, 0.2) is 24.3 Å². The number of ether oxygens (including phenoxy) is 1. The molecule has 2 bridgehead atoms. The zero-order valence-electron chi connectivity index (χ0n) is 13.2. The molecular weight excluding hydrogens is 278 g/mol. The van der Waals surface area contributed by atoms with Gasteiger partial charge in [-0.05, 0) is 56.1 Å². The van der Waals surface area contributed by atoms with Crippen LogP contribution in [0.5, 0.6) is 0 Å². The van der Waals surface area contributed by atoms with Gasteiger partial charge in [-0.1, -0.05) is 18.6 Å². The predicted molar refractivity (Wildman–Crippen MR) is 83.6 cm³/mol. The Hall–Kier alpha value is -1.84. The van der Waals surface area contributed by atoms with Crippen LogP contribution in [0.25, 0.3) is 0 Å². The number of hydrogen-bond donors (Lipinski definition) is 1. The van der Waals surface area contributed by atoms with Gasteiger partial charge in [0.25, 0.3) is 5.91 Å². The van der Waals surface area contributed by atoms with E-state index in [9.17, 15) is 9.59 Å². The molecule has 0 spiro atoms. The van der Waals surface area contributed by atoms with Crippen molar-refractivity contribution in [2.45, 2.75) is 38.6 Å². The van der Waals surface area contributed by atoms with Gasteiger partial charge in [0.15, 0.2) is 0 Å². The van der Waals surface area contributed by atoms with Crippen LogP contribution in [-0.4, -0.2) is 25.0 Å². The number of nitrogens with one attached hydrogen (secondary N) is 1. The molecule has 2 saturated carbocycles. The lowest BCUT2D eigenvalue weighted by molar-refractivity contribution is 0.0595. The highest BCUT2D eigenvalue weighted by Crippen LogP contribution is 2.49. The first kappa shape index (κ1) is 15.1. The minimum atomic E-state index is -0.474. The van der Waals surface area contributed by atoms with Crippen LogP contribution in [0.2, 0.25) is 0 Å². The van der Waals surface area contributed by atoms with Crippen molar-refractivity contribution >= 4 is 11.9 Å². The molecule has 22 heavy (non-hydrogen) atoms. The maximum atomic E-state index is 12.5. The molecular formula is C18H23NO3. The third kappa shape index (κ3) is 2.74. The Morgan fingerprint density at radius 1 is 1.18 bits per heavy atom. The van der Waals surface area contributed by atoms with Gasteiger partial charge in [0.2, 0.25) is 0 Å². The van der Waals surface area contributed by atoms with E-state index in [1.807, 2.05) is 0 Å². The summed E-state index contributed by atoms with van der Waals surface area (Å²) in [6, 6.07) is 6.96. The third-order valence-electron chi connectivity index (χ3n) is 5.37. The zero-order chi connectivity index (χ0) is 15.7. The maximum absolute atomic E-state index is 12.5. The number of amides is 1. The molecule has 1 aromatic rings.